The summed E-state index contributed by atoms with van der Waals surface area (Å²) >= 11 is 3.49. The number of hydrogen-bond donors (Lipinski definition) is 2. The molecule has 0 saturated heterocycles. The fraction of sp³-hybridized carbons (Fsp3) is 0.231. The third-order valence-electron chi connectivity index (χ3n) is 5.18. The van der Waals surface area contributed by atoms with Crippen LogP contribution < -0.4 is 20.3 Å². The maximum atomic E-state index is 12.6. The van der Waals surface area contributed by atoms with Gasteiger partial charge in [0, 0.05) is 0 Å². The van der Waals surface area contributed by atoms with E-state index in [1.54, 1.807) is 24.3 Å². The molecule has 6 nitrogen and oxygen atoms in total. The second-order valence-electron chi connectivity index (χ2n) is 7.56. The smallest absolute Gasteiger partial charge is 0.276 e. The van der Waals surface area contributed by atoms with Crippen molar-refractivity contribution in [2.24, 2.45) is 0 Å². The van der Waals surface area contributed by atoms with E-state index in [0.717, 1.165) is 16.5 Å². The molecule has 2 amide bonds. The van der Waals surface area contributed by atoms with Crippen LogP contribution in [-0.2, 0) is 11.4 Å². The highest BCUT2D eigenvalue weighted by Gasteiger charge is 2.14. The van der Waals surface area contributed by atoms with Crippen LogP contribution >= 0.6 is 15.9 Å². The standard InChI is InChI=1S/C26H27BrN2O4/c1-3-18(2)20-13-14-24(22(27)15-20)33-17-25(30)28-29-26(31)21-11-7-8-12-23(21)32-16-19-9-5-4-6-10-19/h4-15,18H,3,16-17H2,1-2H3,(H,28,30)(H,29,31). The molecule has 7 heteroatoms. The van der Waals surface area contributed by atoms with E-state index in [9.17, 15) is 9.59 Å². The first-order valence-electron chi connectivity index (χ1n) is 10.7. The Hall–Kier alpha value is -3.32. The number of amides is 2. The summed E-state index contributed by atoms with van der Waals surface area (Å²) in [6.45, 7) is 4.38. The molecule has 2 N–H and O–H groups in total. The summed E-state index contributed by atoms with van der Waals surface area (Å²) in [5, 5.41) is 0. The molecule has 0 aromatic heterocycles. The molecule has 0 spiro atoms. The monoisotopic (exact) mass is 510 g/mol. The van der Waals surface area contributed by atoms with Crippen LogP contribution in [0, 0.1) is 0 Å². The lowest BCUT2D eigenvalue weighted by molar-refractivity contribution is -0.123. The summed E-state index contributed by atoms with van der Waals surface area (Å²) in [5.74, 6) is 0.460. The van der Waals surface area contributed by atoms with Gasteiger partial charge in [0.05, 0.1) is 10.0 Å². The summed E-state index contributed by atoms with van der Waals surface area (Å²) in [6.07, 6.45) is 1.04. The van der Waals surface area contributed by atoms with Crippen LogP contribution in [0.25, 0.3) is 0 Å². The Kier molecular flexibility index (Phi) is 8.89. The van der Waals surface area contributed by atoms with Crippen LogP contribution in [0.1, 0.15) is 47.7 Å². The average Bonchev–Trinajstić information content (AvgIpc) is 2.85. The molecule has 0 fully saturated rings. The minimum atomic E-state index is -0.482. The SMILES string of the molecule is CCC(C)c1ccc(OCC(=O)NNC(=O)c2ccccc2OCc2ccccc2)c(Br)c1. The number of carbonyl (C=O) groups is 2. The minimum absolute atomic E-state index is 0.242. The molecule has 0 saturated carbocycles. The highest BCUT2D eigenvalue weighted by atomic mass is 79.9. The van der Waals surface area contributed by atoms with Crippen LogP contribution in [0.15, 0.2) is 77.3 Å². The minimum Gasteiger partial charge on any atom is -0.488 e. The van der Waals surface area contributed by atoms with Crippen LogP contribution in [0.4, 0.5) is 0 Å². The van der Waals surface area contributed by atoms with Gasteiger partial charge < -0.3 is 9.47 Å². The highest BCUT2D eigenvalue weighted by Crippen LogP contribution is 2.30. The van der Waals surface area contributed by atoms with Gasteiger partial charge in [-0.1, -0.05) is 62.4 Å². The molecule has 0 bridgehead atoms. The predicted molar refractivity (Wildman–Crippen MR) is 131 cm³/mol. The molecule has 0 heterocycles. The number of hydrazine groups is 1. The van der Waals surface area contributed by atoms with Gasteiger partial charge in [-0.3, -0.25) is 20.4 Å². The topological polar surface area (TPSA) is 76.7 Å². The molecule has 0 aliphatic carbocycles. The third-order valence-corrected chi connectivity index (χ3v) is 5.80. The van der Waals surface area contributed by atoms with Crippen molar-refractivity contribution in [3.8, 4) is 11.5 Å². The molecule has 3 aromatic carbocycles. The number of para-hydroxylation sites is 1. The Labute approximate surface area is 202 Å². The summed E-state index contributed by atoms with van der Waals surface area (Å²) in [5.41, 5.74) is 7.29. The van der Waals surface area contributed by atoms with Crippen LogP contribution in [-0.4, -0.2) is 18.4 Å². The van der Waals surface area contributed by atoms with Gasteiger partial charge in [-0.15, -0.1) is 0 Å². The van der Waals surface area contributed by atoms with Crippen molar-refractivity contribution in [2.45, 2.75) is 32.8 Å². The lowest BCUT2D eigenvalue weighted by Gasteiger charge is -2.14. The normalized spacial score (nSPS) is 11.4. The van der Waals surface area contributed by atoms with E-state index in [4.69, 9.17) is 9.47 Å². The van der Waals surface area contributed by atoms with Crippen molar-refractivity contribution in [3.63, 3.8) is 0 Å². The Balaban J connectivity index is 1.51. The number of benzene rings is 3. The maximum Gasteiger partial charge on any atom is 0.276 e. The number of carbonyl (C=O) groups excluding carboxylic acids is 2. The van der Waals surface area contributed by atoms with E-state index in [1.165, 1.54) is 5.56 Å². The van der Waals surface area contributed by atoms with E-state index >= 15 is 0 Å². The Bertz CT molecular complexity index is 1090. The van der Waals surface area contributed by atoms with Gasteiger partial charge in [0.15, 0.2) is 6.61 Å². The second kappa shape index (κ2) is 12.1. The largest absolute Gasteiger partial charge is 0.488 e. The molecule has 1 atom stereocenters. The molecule has 0 aliphatic rings. The quantitative estimate of drug-likeness (QED) is 0.378. The number of nitrogens with one attached hydrogen (secondary N) is 2. The molecule has 0 radical (unpaired) electrons. The Morgan fingerprint density at radius 3 is 2.36 bits per heavy atom. The molecular weight excluding hydrogens is 484 g/mol. The van der Waals surface area contributed by atoms with E-state index in [-0.39, 0.29) is 6.61 Å². The zero-order valence-electron chi connectivity index (χ0n) is 18.6. The number of rotatable bonds is 9. The predicted octanol–water partition coefficient (Wildman–Crippen LogP) is 5.38. The van der Waals surface area contributed by atoms with Gasteiger partial charge in [0.1, 0.15) is 18.1 Å². The summed E-state index contributed by atoms with van der Waals surface area (Å²) in [6, 6.07) is 22.3. The average molecular weight is 511 g/mol. The van der Waals surface area contributed by atoms with Gasteiger partial charge in [0.2, 0.25) is 0 Å². The van der Waals surface area contributed by atoms with Crippen molar-refractivity contribution < 1.29 is 19.1 Å². The second-order valence-corrected chi connectivity index (χ2v) is 8.41. The Morgan fingerprint density at radius 2 is 1.64 bits per heavy atom. The van der Waals surface area contributed by atoms with E-state index < -0.39 is 11.8 Å². The molecule has 3 rings (SSSR count). The zero-order chi connectivity index (χ0) is 23.6. The van der Waals surface area contributed by atoms with Crippen LogP contribution in [0.3, 0.4) is 0 Å². The van der Waals surface area contributed by atoms with Crippen molar-refractivity contribution in [3.05, 3.63) is 94.0 Å². The summed E-state index contributed by atoms with van der Waals surface area (Å²) in [4.78, 5) is 24.8. The first-order chi connectivity index (χ1) is 16.0. The molecule has 0 aliphatic heterocycles. The fourth-order valence-corrected chi connectivity index (χ4v) is 3.58. The van der Waals surface area contributed by atoms with Gasteiger partial charge in [-0.05, 0) is 63.7 Å². The lowest BCUT2D eigenvalue weighted by Crippen LogP contribution is -2.43. The van der Waals surface area contributed by atoms with Crippen molar-refractivity contribution >= 4 is 27.7 Å². The number of hydrogen-bond acceptors (Lipinski definition) is 4. The molecule has 3 aromatic rings. The molecule has 33 heavy (non-hydrogen) atoms. The number of halogens is 1. The van der Waals surface area contributed by atoms with E-state index in [0.29, 0.717) is 29.6 Å². The van der Waals surface area contributed by atoms with Gasteiger partial charge in [-0.25, -0.2) is 0 Å². The molecular formula is C26H27BrN2O4. The number of ether oxygens (including phenoxy) is 2. The van der Waals surface area contributed by atoms with Crippen molar-refractivity contribution in [2.75, 3.05) is 6.61 Å². The molecule has 1 unspecified atom stereocenters. The van der Waals surface area contributed by atoms with Crippen LogP contribution in [0.2, 0.25) is 0 Å². The van der Waals surface area contributed by atoms with Gasteiger partial charge in [-0.2, -0.15) is 0 Å². The Morgan fingerprint density at radius 1 is 0.909 bits per heavy atom. The van der Waals surface area contributed by atoms with Gasteiger partial charge in [0.25, 0.3) is 11.8 Å². The van der Waals surface area contributed by atoms with E-state index in [2.05, 4.69) is 40.6 Å². The van der Waals surface area contributed by atoms with E-state index in [1.807, 2.05) is 48.5 Å². The molecule has 172 valence electrons. The highest BCUT2D eigenvalue weighted by molar-refractivity contribution is 9.10. The summed E-state index contributed by atoms with van der Waals surface area (Å²) in [7, 11) is 0. The fourth-order valence-electron chi connectivity index (χ4n) is 3.06. The van der Waals surface area contributed by atoms with Crippen molar-refractivity contribution in [1.82, 2.24) is 10.9 Å². The third kappa shape index (κ3) is 7.08. The van der Waals surface area contributed by atoms with Crippen LogP contribution in [0.5, 0.6) is 11.5 Å². The summed E-state index contributed by atoms with van der Waals surface area (Å²) < 4.78 is 12.2. The zero-order valence-corrected chi connectivity index (χ0v) is 20.2. The van der Waals surface area contributed by atoms with Gasteiger partial charge >= 0.3 is 0 Å². The lowest BCUT2D eigenvalue weighted by atomic mass is 9.99. The first-order valence-corrected chi connectivity index (χ1v) is 11.5. The maximum absolute atomic E-state index is 12.6. The van der Waals surface area contributed by atoms with Crippen molar-refractivity contribution in [1.29, 1.82) is 0 Å². The first kappa shape index (κ1) is 24.3.